The van der Waals surface area contributed by atoms with Gasteiger partial charge in [-0.05, 0) is 48.9 Å². The van der Waals surface area contributed by atoms with Crippen molar-refractivity contribution in [3.05, 3.63) is 58.9 Å². The topological polar surface area (TPSA) is 101 Å². The Labute approximate surface area is 186 Å². The molecule has 0 bridgehead atoms. The number of fused-ring (bicyclic) bond motifs is 3. The molecule has 4 aromatic heterocycles. The minimum Gasteiger partial charge on any atom is -0.497 e. The molecule has 32 heavy (non-hydrogen) atoms. The van der Waals surface area contributed by atoms with Gasteiger partial charge >= 0.3 is 5.97 Å². The summed E-state index contributed by atoms with van der Waals surface area (Å²) in [4.78, 5) is 22.3. The number of methoxy groups -OCH3 is 2. The monoisotopic (exact) mass is 450 g/mol. The smallest absolute Gasteiger partial charge is 0.348 e. The van der Waals surface area contributed by atoms with Crippen LogP contribution in [0.3, 0.4) is 0 Å². The van der Waals surface area contributed by atoms with Gasteiger partial charge in [-0.3, -0.25) is 0 Å². The summed E-state index contributed by atoms with van der Waals surface area (Å²) in [5.74, 6) is 2.64. The highest BCUT2D eigenvalue weighted by molar-refractivity contribution is 7.20. The van der Waals surface area contributed by atoms with Crippen LogP contribution in [-0.4, -0.2) is 39.8 Å². The third kappa shape index (κ3) is 3.44. The molecule has 0 aliphatic heterocycles. The first-order valence-corrected chi connectivity index (χ1v) is 10.5. The molecule has 162 valence electrons. The Morgan fingerprint density at radius 3 is 2.66 bits per heavy atom. The number of nitrogens with zero attached hydrogens (tertiary/aromatic N) is 4. The van der Waals surface area contributed by atoms with Crippen molar-refractivity contribution in [2.75, 3.05) is 14.2 Å². The Morgan fingerprint density at radius 2 is 1.91 bits per heavy atom. The summed E-state index contributed by atoms with van der Waals surface area (Å²) in [5.41, 5.74) is 1.36. The van der Waals surface area contributed by atoms with Crippen molar-refractivity contribution in [1.29, 1.82) is 0 Å². The van der Waals surface area contributed by atoms with Crippen LogP contribution < -0.4 is 9.47 Å². The number of hydrogen-bond acceptors (Lipinski definition) is 9. The molecule has 0 saturated carbocycles. The molecule has 10 heteroatoms. The van der Waals surface area contributed by atoms with E-state index in [1.165, 1.54) is 18.4 Å². The molecule has 0 fully saturated rings. The van der Waals surface area contributed by atoms with E-state index in [0.717, 1.165) is 16.7 Å². The van der Waals surface area contributed by atoms with Gasteiger partial charge in [0.2, 0.25) is 5.82 Å². The number of aryl methyl sites for hydroxylation is 1. The quantitative estimate of drug-likeness (QED) is 0.353. The summed E-state index contributed by atoms with van der Waals surface area (Å²) in [6.45, 7) is 2.11. The zero-order valence-corrected chi connectivity index (χ0v) is 18.3. The van der Waals surface area contributed by atoms with Crippen LogP contribution in [-0.2, 0) is 11.3 Å². The highest BCUT2D eigenvalue weighted by Crippen LogP contribution is 2.33. The van der Waals surface area contributed by atoms with Crippen LogP contribution in [0.1, 0.15) is 21.0 Å². The molecular formula is C22H18N4O5S. The first-order chi connectivity index (χ1) is 15.6. The summed E-state index contributed by atoms with van der Waals surface area (Å²) in [6, 6.07) is 10.9. The summed E-state index contributed by atoms with van der Waals surface area (Å²) < 4.78 is 23.2. The standard InChI is InChI=1S/C22H18N4O5S/c1-12-17-20-24-19(25-26(20)11-23-21(17)32-18(12)22(27)29-3)16-9-8-15(31-16)10-30-14-6-4-13(28-2)5-7-14/h4-9,11H,10H2,1-3H3. The zero-order chi connectivity index (χ0) is 22.2. The fraction of sp³-hybridized carbons (Fsp3) is 0.182. The SMILES string of the molecule is COC(=O)c1sc2ncn3nc(-c4ccc(COc5ccc(OC)cc5)o4)nc3c2c1C. The van der Waals surface area contributed by atoms with Crippen LogP contribution in [0, 0.1) is 6.92 Å². The van der Waals surface area contributed by atoms with Crippen molar-refractivity contribution in [1.82, 2.24) is 19.6 Å². The molecule has 4 heterocycles. The summed E-state index contributed by atoms with van der Waals surface area (Å²) in [7, 11) is 2.98. The lowest BCUT2D eigenvalue weighted by Gasteiger charge is -2.05. The third-order valence-corrected chi connectivity index (χ3v) is 6.14. The summed E-state index contributed by atoms with van der Waals surface area (Å²) in [5, 5.41) is 5.25. The lowest BCUT2D eigenvalue weighted by molar-refractivity contribution is 0.0605. The number of esters is 1. The van der Waals surface area contributed by atoms with Gasteiger partial charge in [-0.25, -0.2) is 19.3 Å². The van der Waals surface area contributed by atoms with E-state index in [1.54, 1.807) is 24.0 Å². The third-order valence-electron chi connectivity index (χ3n) is 4.96. The molecule has 5 aromatic rings. The lowest BCUT2D eigenvalue weighted by Crippen LogP contribution is -1.99. The van der Waals surface area contributed by atoms with Crippen LogP contribution in [0.4, 0.5) is 0 Å². The second kappa shape index (κ2) is 7.97. The molecule has 0 aliphatic carbocycles. The molecule has 9 nitrogen and oxygen atoms in total. The van der Waals surface area contributed by atoms with Crippen molar-refractivity contribution in [2.24, 2.45) is 0 Å². The Bertz CT molecular complexity index is 1430. The van der Waals surface area contributed by atoms with Crippen LogP contribution >= 0.6 is 11.3 Å². The first kappa shape index (κ1) is 20.0. The molecule has 0 spiro atoms. The Balaban J connectivity index is 1.42. The molecular weight excluding hydrogens is 432 g/mol. The number of carbonyl (C=O) groups excluding carboxylic acids is 1. The van der Waals surface area contributed by atoms with Crippen LogP contribution in [0.5, 0.6) is 11.5 Å². The van der Waals surface area contributed by atoms with Crippen molar-refractivity contribution in [3.63, 3.8) is 0 Å². The normalized spacial score (nSPS) is 11.2. The van der Waals surface area contributed by atoms with Crippen molar-refractivity contribution >= 4 is 33.2 Å². The van der Waals surface area contributed by atoms with Gasteiger partial charge in [0.1, 0.15) is 39.9 Å². The highest BCUT2D eigenvalue weighted by atomic mass is 32.1. The maximum atomic E-state index is 12.1. The lowest BCUT2D eigenvalue weighted by atomic mass is 10.2. The van der Waals surface area contributed by atoms with Gasteiger partial charge in [0.05, 0.1) is 19.6 Å². The second-order valence-electron chi connectivity index (χ2n) is 6.91. The number of furan rings is 1. The van der Waals surface area contributed by atoms with Crippen LogP contribution in [0.2, 0.25) is 0 Å². The van der Waals surface area contributed by atoms with Crippen molar-refractivity contribution < 1.29 is 23.4 Å². The predicted octanol–water partition coefficient (Wildman–Crippen LogP) is 4.28. The van der Waals surface area contributed by atoms with Gasteiger partial charge in [-0.15, -0.1) is 16.4 Å². The van der Waals surface area contributed by atoms with Gasteiger partial charge in [0, 0.05) is 0 Å². The fourth-order valence-corrected chi connectivity index (χ4v) is 4.39. The van der Waals surface area contributed by atoms with Gasteiger partial charge in [0.15, 0.2) is 11.4 Å². The zero-order valence-electron chi connectivity index (χ0n) is 17.5. The van der Waals surface area contributed by atoms with E-state index >= 15 is 0 Å². The first-order valence-electron chi connectivity index (χ1n) is 9.66. The average molecular weight is 450 g/mol. The van der Waals surface area contributed by atoms with E-state index in [9.17, 15) is 4.79 Å². The van der Waals surface area contributed by atoms with E-state index in [2.05, 4.69) is 15.1 Å². The van der Waals surface area contributed by atoms with E-state index < -0.39 is 5.97 Å². The van der Waals surface area contributed by atoms with Crippen LogP contribution in [0.15, 0.2) is 47.1 Å². The van der Waals surface area contributed by atoms with E-state index in [1.807, 2.05) is 37.3 Å². The second-order valence-corrected chi connectivity index (χ2v) is 7.91. The van der Waals surface area contributed by atoms with Gasteiger partial charge in [-0.2, -0.15) is 0 Å². The number of carbonyl (C=O) groups is 1. The number of rotatable bonds is 6. The molecule has 0 unspecified atom stereocenters. The minimum absolute atomic E-state index is 0.262. The largest absolute Gasteiger partial charge is 0.497 e. The molecule has 0 atom stereocenters. The van der Waals surface area contributed by atoms with Gasteiger partial charge in [0.25, 0.3) is 0 Å². The number of ether oxygens (including phenoxy) is 3. The Hall–Kier alpha value is -3.92. The predicted molar refractivity (Wildman–Crippen MR) is 117 cm³/mol. The summed E-state index contributed by atoms with van der Waals surface area (Å²) in [6.07, 6.45) is 1.57. The van der Waals surface area contributed by atoms with Crippen molar-refractivity contribution in [2.45, 2.75) is 13.5 Å². The number of thiophene rings is 1. The molecule has 0 aliphatic rings. The maximum Gasteiger partial charge on any atom is 0.348 e. The van der Waals surface area contributed by atoms with Crippen LogP contribution in [0.25, 0.3) is 27.4 Å². The molecule has 5 rings (SSSR count). The minimum atomic E-state index is -0.393. The average Bonchev–Trinajstić information content (AvgIpc) is 3.54. The van der Waals surface area contributed by atoms with Gasteiger partial charge in [-0.1, -0.05) is 0 Å². The van der Waals surface area contributed by atoms with E-state index in [-0.39, 0.29) is 6.61 Å². The molecule has 0 amide bonds. The van der Waals surface area contributed by atoms with Crippen molar-refractivity contribution in [3.8, 4) is 23.1 Å². The molecule has 0 N–H and O–H groups in total. The molecule has 0 radical (unpaired) electrons. The maximum absolute atomic E-state index is 12.1. The number of benzene rings is 1. The van der Waals surface area contributed by atoms with E-state index in [0.29, 0.717) is 38.4 Å². The molecule has 1 aromatic carbocycles. The van der Waals surface area contributed by atoms with Gasteiger partial charge < -0.3 is 18.6 Å². The number of aromatic nitrogens is 4. The highest BCUT2D eigenvalue weighted by Gasteiger charge is 2.21. The number of hydrogen-bond donors (Lipinski definition) is 0. The summed E-state index contributed by atoms with van der Waals surface area (Å²) >= 11 is 1.27. The van der Waals surface area contributed by atoms with E-state index in [4.69, 9.17) is 18.6 Å². The Kier molecular flexibility index (Phi) is 4.98. The fourth-order valence-electron chi connectivity index (χ4n) is 3.33. The Morgan fingerprint density at radius 1 is 1.12 bits per heavy atom. The molecule has 0 saturated heterocycles.